The molecule has 3 rings (SSSR count). The molecule has 108 valence electrons. The minimum absolute atomic E-state index is 0.458. The van der Waals surface area contributed by atoms with Gasteiger partial charge in [0.25, 0.3) is 0 Å². The third-order valence-corrected chi connectivity index (χ3v) is 3.24. The van der Waals surface area contributed by atoms with Crippen LogP contribution < -0.4 is 5.73 Å². The Hall–Kier alpha value is -2.50. The largest absolute Gasteiger partial charge is 0.416 e. The highest BCUT2D eigenvalue weighted by atomic mass is 19.4. The summed E-state index contributed by atoms with van der Waals surface area (Å²) in [5.41, 5.74) is 7.43. The average molecular weight is 291 g/mol. The van der Waals surface area contributed by atoms with Crippen molar-refractivity contribution in [1.29, 1.82) is 0 Å². The van der Waals surface area contributed by atoms with Crippen LogP contribution in [0.3, 0.4) is 0 Å². The monoisotopic (exact) mass is 291 g/mol. The topological polar surface area (TPSA) is 43.3 Å². The van der Waals surface area contributed by atoms with E-state index in [9.17, 15) is 13.2 Å². The van der Waals surface area contributed by atoms with Crippen LogP contribution in [0, 0.1) is 0 Å². The van der Waals surface area contributed by atoms with E-state index in [0.717, 1.165) is 29.0 Å². The first-order valence-electron chi connectivity index (χ1n) is 6.32. The van der Waals surface area contributed by atoms with Crippen LogP contribution in [0.5, 0.6) is 0 Å². The first kappa shape index (κ1) is 13.5. The zero-order valence-corrected chi connectivity index (χ0v) is 10.9. The summed E-state index contributed by atoms with van der Waals surface area (Å²) in [5.74, 6) is 0.568. The number of anilines is 1. The molecule has 0 saturated carbocycles. The lowest BCUT2D eigenvalue weighted by Gasteiger charge is -2.06. The number of nitrogens with two attached hydrogens (primary N) is 1. The van der Waals surface area contributed by atoms with Crippen molar-refractivity contribution in [3.05, 3.63) is 65.5 Å². The van der Waals surface area contributed by atoms with E-state index >= 15 is 0 Å². The van der Waals surface area contributed by atoms with Gasteiger partial charge in [-0.25, -0.2) is 4.98 Å². The molecule has 3 aromatic rings. The Morgan fingerprint density at radius 3 is 2.38 bits per heavy atom. The molecular weight excluding hydrogens is 279 g/mol. The van der Waals surface area contributed by atoms with Crippen LogP contribution in [0.4, 0.5) is 19.0 Å². The molecule has 3 nitrogen and oxygen atoms in total. The van der Waals surface area contributed by atoms with Crippen molar-refractivity contribution in [2.24, 2.45) is 0 Å². The minimum atomic E-state index is -4.31. The zero-order chi connectivity index (χ0) is 15.0. The third-order valence-electron chi connectivity index (χ3n) is 3.24. The second-order valence-electron chi connectivity index (χ2n) is 4.78. The number of hydrogen-bond donors (Lipinski definition) is 1. The lowest BCUT2D eigenvalue weighted by atomic mass is 10.1. The van der Waals surface area contributed by atoms with Gasteiger partial charge >= 0.3 is 6.18 Å². The molecule has 21 heavy (non-hydrogen) atoms. The summed E-state index contributed by atoms with van der Waals surface area (Å²) in [6.07, 6.45) is -2.06. The van der Waals surface area contributed by atoms with Crippen molar-refractivity contribution >= 4 is 11.5 Å². The summed E-state index contributed by atoms with van der Waals surface area (Å²) in [7, 11) is 0. The minimum Gasteiger partial charge on any atom is -0.385 e. The molecule has 2 heterocycles. The van der Waals surface area contributed by atoms with Crippen LogP contribution in [0.1, 0.15) is 16.8 Å². The second-order valence-corrected chi connectivity index (χ2v) is 4.78. The molecule has 0 unspecified atom stereocenters. The smallest absolute Gasteiger partial charge is 0.385 e. The number of imidazole rings is 1. The van der Waals surface area contributed by atoms with Gasteiger partial charge in [-0.15, -0.1) is 0 Å². The Morgan fingerprint density at radius 1 is 1.05 bits per heavy atom. The van der Waals surface area contributed by atoms with Crippen molar-refractivity contribution in [3.8, 4) is 0 Å². The van der Waals surface area contributed by atoms with Gasteiger partial charge in [0.1, 0.15) is 11.5 Å². The van der Waals surface area contributed by atoms with Gasteiger partial charge < -0.3 is 5.73 Å². The first-order valence-corrected chi connectivity index (χ1v) is 6.32. The summed E-state index contributed by atoms with van der Waals surface area (Å²) in [5, 5.41) is 0. The fraction of sp³-hybridized carbons (Fsp3) is 0.133. The molecule has 0 amide bonds. The predicted molar refractivity (Wildman–Crippen MR) is 73.9 cm³/mol. The van der Waals surface area contributed by atoms with Crippen molar-refractivity contribution in [3.63, 3.8) is 0 Å². The molecule has 1 aromatic carbocycles. The van der Waals surface area contributed by atoms with Crippen molar-refractivity contribution in [1.82, 2.24) is 9.38 Å². The zero-order valence-electron chi connectivity index (χ0n) is 10.9. The lowest BCUT2D eigenvalue weighted by Crippen LogP contribution is -2.04. The Balaban J connectivity index is 1.87. The first-order chi connectivity index (χ1) is 9.93. The number of benzene rings is 1. The molecule has 0 radical (unpaired) electrons. The molecule has 0 fully saturated rings. The molecule has 6 heteroatoms. The van der Waals surface area contributed by atoms with E-state index < -0.39 is 11.7 Å². The number of hydrogen-bond acceptors (Lipinski definition) is 2. The van der Waals surface area contributed by atoms with Gasteiger partial charge in [-0.1, -0.05) is 18.2 Å². The molecule has 2 aromatic heterocycles. The van der Waals surface area contributed by atoms with Crippen LogP contribution in [0.2, 0.25) is 0 Å². The van der Waals surface area contributed by atoms with Crippen LogP contribution in [-0.4, -0.2) is 9.38 Å². The van der Waals surface area contributed by atoms with Crippen molar-refractivity contribution < 1.29 is 13.2 Å². The number of fused-ring (bicyclic) bond motifs is 1. The van der Waals surface area contributed by atoms with Crippen LogP contribution >= 0.6 is 0 Å². The Morgan fingerprint density at radius 2 is 1.76 bits per heavy atom. The Labute approximate surface area is 118 Å². The summed E-state index contributed by atoms with van der Waals surface area (Å²) in [6, 6.07) is 10.5. The molecule has 0 aliphatic rings. The van der Waals surface area contributed by atoms with Gasteiger partial charge in [0, 0.05) is 12.6 Å². The number of halogens is 3. The summed E-state index contributed by atoms with van der Waals surface area (Å²) >= 11 is 0. The van der Waals surface area contributed by atoms with Crippen molar-refractivity contribution in [2.75, 3.05) is 5.73 Å². The van der Waals surface area contributed by atoms with E-state index in [2.05, 4.69) is 4.98 Å². The SMILES string of the molecule is Nc1cccc2nc(Cc3ccc(C(F)(F)F)cc3)cn12. The van der Waals surface area contributed by atoms with E-state index in [0.29, 0.717) is 12.2 Å². The number of nitrogens with zero attached hydrogens (tertiary/aromatic N) is 2. The molecule has 0 atom stereocenters. The highest BCUT2D eigenvalue weighted by Crippen LogP contribution is 2.29. The quantitative estimate of drug-likeness (QED) is 0.785. The predicted octanol–water partition coefficient (Wildman–Crippen LogP) is 3.53. The standard InChI is InChI=1S/C15H12F3N3/c16-15(17,18)11-6-4-10(5-7-11)8-12-9-21-13(19)2-1-3-14(21)20-12/h1-7,9H,8,19H2. The van der Waals surface area contributed by atoms with Gasteiger partial charge in [0.2, 0.25) is 0 Å². The maximum atomic E-state index is 12.5. The Kier molecular flexibility index (Phi) is 3.08. The van der Waals surface area contributed by atoms with Gasteiger partial charge in [0.15, 0.2) is 0 Å². The molecule has 0 aliphatic heterocycles. The summed E-state index contributed by atoms with van der Waals surface area (Å²) in [4.78, 5) is 4.40. The van der Waals surface area contributed by atoms with Gasteiger partial charge in [-0.2, -0.15) is 13.2 Å². The van der Waals surface area contributed by atoms with E-state index in [-0.39, 0.29) is 0 Å². The highest BCUT2D eigenvalue weighted by molar-refractivity contribution is 5.49. The number of rotatable bonds is 2. The van der Waals surface area contributed by atoms with Crippen LogP contribution in [0.15, 0.2) is 48.7 Å². The Bertz CT molecular complexity index is 773. The molecular formula is C15H12F3N3. The van der Waals surface area contributed by atoms with Crippen LogP contribution in [0.25, 0.3) is 5.65 Å². The third kappa shape index (κ3) is 2.69. The van der Waals surface area contributed by atoms with E-state index in [1.165, 1.54) is 12.1 Å². The molecule has 0 saturated heterocycles. The van der Waals surface area contributed by atoms with Gasteiger partial charge in [-0.3, -0.25) is 4.40 Å². The van der Waals surface area contributed by atoms with E-state index in [4.69, 9.17) is 5.73 Å². The van der Waals surface area contributed by atoms with Crippen LogP contribution in [-0.2, 0) is 12.6 Å². The maximum absolute atomic E-state index is 12.5. The fourth-order valence-electron chi connectivity index (χ4n) is 2.19. The van der Waals surface area contributed by atoms with E-state index in [1.54, 1.807) is 22.7 Å². The van der Waals surface area contributed by atoms with Gasteiger partial charge in [-0.05, 0) is 29.8 Å². The number of aromatic nitrogens is 2. The molecule has 0 aliphatic carbocycles. The second kappa shape index (κ2) is 4.80. The number of pyridine rings is 1. The number of nitrogen functional groups attached to an aromatic ring is 1. The lowest BCUT2D eigenvalue weighted by molar-refractivity contribution is -0.137. The van der Waals surface area contributed by atoms with Gasteiger partial charge in [0.05, 0.1) is 11.3 Å². The maximum Gasteiger partial charge on any atom is 0.416 e. The highest BCUT2D eigenvalue weighted by Gasteiger charge is 2.29. The molecule has 0 bridgehead atoms. The average Bonchev–Trinajstić information content (AvgIpc) is 2.82. The van der Waals surface area contributed by atoms with Crippen molar-refractivity contribution in [2.45, 2.75) is 12.6 Å². The summed E-state index contributed by atoms with van der Waals surface area (Å²) in [6.45, 7) is 0. The van der Waals surface area contributed by atoms with E-state index in [1.807, 2.05) is 6.07 Å². The molecule has 2 N–H and O–H groups in total. The number of alkyl halides is 3. The summed E-state index contributed by atoms with van der Waals surface area (Å²) < 4.78 is 39.3. The molecule has 0 spiro atoms. The fourth-order valence-corrected chi connectivity index (χ4v) is 2.19. The normalized spacial score (nSPS) is 12.0.